The molecule has 0 saturated carbocycles. The number of ether oxygens (including phenoxy) is 1. The molecule has 3 unspecified atom stereocenters. The van der Waals surface area contributed by atoms with Gasteiger partial charge >= 0.3 is 5.97 Å². The molecule has 2 rings (SSSR count). The predicted octanol–water partition coefficient (Wildman–Crippen LogP) is 3.20. The minimum atomic E-state index is -0.719. The number of carboxylic acid groups (broad SMARTS) is 1. The van der Waals surface area contributed by atoms with Gasteiger partial charge in [0.25, 0.3) is 0 Å². The highest BCUT2D eigenvalue weighted by molar-refractivity contribution is 5.70. The second-order valence-corrected chi connectivity index (χ2v) is 5.61. The first-order valence-corrected chi connectivity index (χ1v) is 6.98. The zero-order valence-corrected chi connectivity index (χ0v) is 11.6. The minimum Gasteiger partial charge on any atom is -0.481 e. The molecule has 3 heteroatoms. The molecule has 0 aromatic heterocycles. The molecule has 1 saturated heterocycles. The zero-order valence-electron chi connectivity index (χ0n) is 11.6. The van der Waals surface area contributed by atoms with Crippen molar-refractivity contribution in [2.45, 2.75) is 51.7 Å². The van der Waals surface area contributed by atoms with Gasteiger partial charge in [-0.15, -0.1) is 0 Å². The molecule has 1 heterocycles. The summed E-state index contributed by atoms with van der Waals surface area (Å²) in [6, 6.07) is 8.09. The maximum absolute atomic E-state index is 11.4. The predicted molar refractivity (Wildman–Crippen MR) is 74.2 cm³/mol. The number of hydrogen-bond donors (Lipinski definition) is 1. The summed E-state index contributed by atoms with van der Waals surface area (Å²) in [6.07, 6.45) is 3.62. The molecule has 3 nitrogen and oxygen atoms in total. The summed E-state index contributed by atoms with van der Waals surface area (Å²) >= 11 is 0. The average molecular weight is 262 g/mol. The van der Waals surface area contributed by atoms with Crippen molar-refractivity contribution in [2.75, 3.05) is 0 Å². The molecule has 1 aliphatic rings. The molecular formula is C16H22O3. The Morgan fingerprint density at radius 1 is 1.37 bits per heavy atom. The topological polar surface area (TPSA) is 46.5 Å². The average Bonchev–Trinajstić information content (AvgIpc) is 2.76. The van der Waals surface area contributed by atoms with Crippen LogP contribution >= 0.6 is 0 Å². The Bertz CT molecular complexity index is 424. The van der Waals surface area contributed by atoms with Gasteiger partial charge in [-0.1, -0.05) is 29.8 Å². The lowest BCUT2D eigenvalue weighted by Crippen LogP contribution is -2.23. The van der Waals surface area contributed by atoms with Crippen LogP contribution in [0.25, 0.3) is 0 Å². The van der Waals surface area contributed by atoms with E-state index in [-0.39, 0.29) is 18.1 Å². The number of rotatable bonds is 5. The first-order valence-electron chi connectivity index (χ1n) is 6.98. The van der Waals surface area contributed by atoms with Crippen molar-refractivity contribution in [1.82, 2.24) is 0 Å². The molecule has 0 aliphatic carbocycles. The highest BCUT2D eigenvalue weighted by Crippen LogP contribution is 2.26. The van der Waals surface area contributed by atoms with E-state index in [0.29, 0.717) is 12.8 Å². The van der Waals surface area contributed by atoms with Gasteiger partial charge < -0.3 is 9.84 Å². The fourth-order valence-electron chi connectivity index (χ4n) is 2.66. The standard InChI is InChI=1S/C16H22O3/c1-11-3-6-13(7-4-11)9-14(16(17)18)10-15-8-5-12(2)19-15/h3-4,6-7,12,14-15H,5,8-10H2,1-2H3,(H,17,18). The van der Waals surface area contributed by atoms with E-state index in [9.17, 15) is 9.90 Å². The van der Waals surface area contributed by atoms with E-state index in [0.717, 1.165) is 18.4 Å². The second-order valence-electron chi connectivity index (χ2n) is 5.61. The summed E-state index contributed by atoms with van der Waals surface area (Å²) in [4.78, 5) is 11.4. The first kappa shape index (κ1) is 14.1. The number of aliphatic carboxylic acids is 1. The van der Waals surface area contributed by atoms with E-state index in [1.165, 1.54) is 5.56 Å². The molecule has 1 aromatic rings. The summed E-state index contributed by atoms with van der Waals surface area (Å²) in [6.45, 7) is 4.09. The Balaban J connectivity index is 1.96. The third kappa shape index (κ3) is 4.06. The lowest BCUT2D eigenvalue weighted by Gasteiger charge is -2.17. The van der Waals surface area contributed by atoms with Crippen LogP contribution < -0.4 is 0 Å². The third-order valence-corrected chi connectivity index (χ3v) is 3.82. The van der Waals surface area contributed by atoms with Gasteiger partial charge in [0.05, 0.1) is 18.1 Å². The smallest absolute Gasteiger partial charge is 0.306 e. The fourth-order valence-corrected chi connectivity index (χ4v) is 2.66. The van der Waals surface area contributed by atoms with Crippen molar-refractivity contribution in [3.05, 3.63) is 35.4 Å². The Morgan fingerprint density at radius 2 is 2.05 bits per heavy atom. The van der Waals surface area contributed by atoms with Gasteiger partial charge in [0.1, 0.15) is 0 Å². The maximum atomic E-state index is 11.4. The summed E-state index contributed by atoms with van der Waals surface area (Å²) < 4.78 is 5.74. The van der Waals surface area contributed by atoms with Crippen LogP contribution in [-0.2, 0) is 16.0 Å². The molecule has 1 aromatic carbocycles. The van der Waals surface area contributed by atoms with Crippen LogP contribution in [0.1, 0.15) is 37.3 Å². The molecule has 0 bridgehead atoms. The quantitative estimate of drug-likeness (QED) is 0.886. The number of hydrogen-bond acceptors (Lipinski definition) is 2. The number of carbonyl (C=O) groups is 1. The maximum Gasteiger partial charge on any atom is 0.306 e. The molecule has 104 valence electrons. The summed E-state index contributed by atoms with van der Waals surface area (Å²) in [5.74, 6) is -1.07. The van der Waals surface area contributed by atoms with Gasteiger partial charge in [-0.25, -0.2) is 0 Å². The van der Waals surface area contributed by atoms with Crippen molar-refractivity contribution in [1.29, 1.82) is 0 Å². The minimum absolute atomic E-state index is 0.113. The van der Waals surface area contributed by atoms with E-state index in [4.69, 9.17) is 4.74 Å². The molecular weight excluding hydrogens is 240 g/mol. The van der Waals surface area contributed by atoms with Crippen molar-refractivity contribution in [3.8, 4) is 0 Å². The molecule has 0 amide bonds. The van der Waals surface area contributed by atoms with Crippen LogP contribution in [0.4, 0.5) is 0 Å². The molecule has 1 N–H and O–H groups in total. The van der Waals surface area contributed by atoms with Gasteiger partial charge in [-0.3, -0.25) is 4.79 Å². The van der Waals surface area contributed by atoms with Crippen molar-refractivity contribution < 1.29 is 14.6 Å². The normalized spacial score (nSPS) is 24.3. The van der Waals surface area contributed by atoms with Gasteiger partial charge in [-0.05, 0) is 45.1 Å². The van der Waals surface area contributed by atoms with Gasteiger partial charge in [0, 0.05) is 0 Å². The SMILES string of the molecule is Cc1ccc(CC(CC2CCC(C)O2)C(=O)O)cc1. The number of aryl methyl sites for hydroxylation is 1. The second kappa shape index (κ2) is 6.20. The van der Waals surface area contributed by atoms with Crippen molar-refractivity contribution >= 4 is 5.97 Å². The van der Waals surface area contributed by atoms with Gasteiger partial charge in [0.15, 0.2) is 0 Å². The molecule has 0 spiro atoms. The van der Waals surface area contributed by atoms with Gasteiger partial charge in [-0.2, -0.15) is 0 Å². The van der Waals surface area contributed by atoms with E-state index >= 15 is 0 Å². The van der Waals surface area contributed by atoms with Crippen molar-refractivity contribution in [2.24, 2.45) is 5.92 Å². The Morgan fingerprint density at radius 3 is 2.58 bits per heavy atom. The van der Waals surface area contributed by atoms with Crippen LogP contribution in [0.2, 0.25) is 0 Å². The highest BCUT2D eigenvalue weighted by atomic mass is 16.5. The molecule has 19 heavy (non-hydrogen) atoms. The Labute approximate surface area is 114 Å². The Kier molecular flexibility index (Phi) is 4.59. The van der Waals surface area contributed by atoms with E-state index in [2.05, 4.69) is 6.92 Å². The van der Waals surface area contributed by atoms with Crippen LogP contribution in [0.5, 0.6) is 0 Å². The summed E-state index contributed by atoms with van der Waals surface area (Å²) in [7, 11) is 0. The zero-order chi connectivity index (χ0) is 13.8. The highest BCUT2D eigenvalue weighted by Gasteiger charge is 2.28. The van der Waals surface area contributed by atoms with Crippen LogP contribution in [0.3, 0.4) is 0 Å². The van der Waals surface area contributed by atoms with Crippen LogP contribution in [0.15, 0.2) is 24.3 Å². The Hall–Kier alpha value is -1.35. The lowest BCUT2D eigenvalue weighted by atomic mass is 9.92. The fraction of sp³-hybridized carbons (Fsp3) is 0.562. The third-order valence-electron chi connectivity index (χ3n) is 3.82. The molecule has 1 fully saturated rings. The van der Waals surface area contributed by atoms with E-state index < -0.39 is 5.97 Å². The van der Waals surface area contributed by atoms with E-state index in [1.807, 2.05) is 31.2 Å². The van der Waals surface area contributed by atoms with Crippen molar-refractivity contribution in [3.63, 3.8) is 0 Å². The summed E-state index contributed by atoms with van der Waals surface area (Å²) in [5, 5.41) is 9.36. The van der Waals surface area contributed by atoms with Crippen LogP contribution in [0, 0.1) is 12.8 Å². The van der Waals surface area contributed by atoms with Gasteiger partial charge in [0.2, 0.25) is 0 Å². The number of benzene rings is 1. The lowest BCUT2D eigenvalue weighted by molar-refractivity contribution is -0.143. The van der Waals surface area contributed by atoms with Crippen LogP contribution in [-0.4, -0.2) is 23.3 Å². The monoisotopic (exact) mass is 262 g/mol. The van der Waals surface area contributed by atoms with E-state index in [1.54, 1.807) is 0 Å². The molecule has 0 radical (unpaired) electrons. The summed E-state index contributed by atoms with van der Waals surface area (Å²) in [5.41, 5.74) is 2.28. The molecule has 3 atom stereocenters. The molecule has 1 aliphatic heterocycles. The number of carboxylic acids is 1. The largest absolute Gasteiger partial charge is 0.481 e. The first-order chi connectivity index (χ1) is 9.04.